The topological polar surface area (TPSA) is 190 Å². The predicted molar refractivity (Wildman–Crippen MR) is 165 cm³/mol. The van der Waals surface area contributed by atoms with E-state index in [1.807, 2.05) is 6.07 Å². The van der Waals surface area contributed by atoms with Crippen LogP contribution in [0.4, 0.5) is 26.3 Å². The van der Waals surface area contributed by atoms with Crippen LogP contribution in [0.1, 0.15) is 62.1 Å². The van der Waals surface area contributed by atoms with Gasteiger partial charge in [-0.3, -0.25) is 0 Å². The maximum absolute atomic E-state index is 14.4. The van der Waals surface area contributed by atoms with Gasteiger partial charge in [-0.25, -0.2) is 0 Å². The summed E-state index contributed by atoms with van der Waals surface area (Å²) in [4.78, 5) is 0. The monoisotopic (exact) mass is 680 g/mol. The van der Waals surface area contributed by atoms with Crippen molar-refractivity contribution in [2.24, 2.45) is 0 Å². The maximum atomic E-state index is 14.4. The van der Waals surface area contributed by atoms with Crippen molar-refractivity contribution in [1.82, 2.24) is 0 Å². The molecule has 8 nitrogen and oxygen atoms in total. The molecule has 0 fully saturated rings. The first-order valence-corrected chi connectivity index (χ1v) is 14.0. The molecule has 0 atom stereocenters. The zero-order chi connectivity index (χ0) is 37.4. The van der Waals surface area contributed by atoms with Crippen LogP contribution >= 0.6 is 0 Å². The molecule has 0 N–H and O–H groups in total. The summed E-state index contributed by atoms with van der Waals surface area (Å²) in [7, 11) is 0. The van der Waals surface area contributed by atoms with E-state index in [4.69, 9.17) is 0 Å². The van der Waals surface area contributed by atoms with Crippen molar-refractivity contribution in [2.45, 2.75) is 18.8 Å². The Labute approximate surface area is 284 Å². The zero-order valence-electron chi connectivity index (χ0n) is 25.2. The van der Waals surface area contributed by atoms with Gasteiger partial charge in [0.25, 0.3) is 0 Å². The Balaban J connectivity index is 2.00. The standard InChI is InChI=1S/C37H10F6N8/c38-36(39,40)32-5-18(10-44)1-3-22(32)25-7-24(20(12-46)13-47)26-9-29-28(8-27(26)30(25)16-50)31(17-51)35(34(29)21(14-48)15-49)23-4-2-19(11-45)6-33(23)37(41,42)43/h1-6,8-9H,7H2. The summed E-state index contributed by atoms with van der Waals surface area (Å²) < 4.78 is 86.3. The molecule has 0 amide bonds. The lowest BCUT2D eigenvalue weighted by Crippen LogP contribution is -2.13. The van der Waals surface area contributed by atoms with Crippen LogP contribution in [0.3, 0.4) is 0 Å². The van der Waals surface area contributed by atoms with E-state index in [-0.39, 0.29) is 39.0 Å². The van der Waals surface area contributed by atoms with Gasteiger partial charge in [0.2, 0.25) is 0 Å². The van der Waals surface area contributed by atoms with E-state index in [1.165, 1.54) is 0 Å². The van der Waals surface area contributed by atoms with Gasteiger partial charge in [0.15, 0.2) is 0 Å². The molecule has 2 aliphatic rings. The van der Waals surface area contributed by atoms with Crippen LogP contribution in [0.25, 0.3) is 33.4 Å². The highest BCUT2D eigenvalue weighted by atomic mass is 19.4. The number of fused-ring (bicyclic) bond motifs is 2. The van der Waals surface area contributed by atoms with Crippen LogP contribution in [0.2, 0.25) is 0 Å². The second-order valence-electron chi connectivity index (χ2n) is 10.7. The van der Waals surface area contributed by atoms with Crippen LogP contribution in [0.5, 0.6) is 0 Å². The summed E-state index contributed by atoms with van der Waals surface area (Å²) in [5.74, 6) is 0. The minimum absolute atomic E-state index is 0.100. The maximum Gasteiger partial charge on any atom is 0.417 e. The van der Waals surface area contributed by atoms with Gasteiger partial charge in [0.1, 0.15) is 47.6 Å². The van der Waals surface area contributed by atoms with Gasteiger partial charge < -0.3 is 0 Å². The number of halogens is 6. The highest BCUT2D eigenvalue weighted by Gasteiger charge is 2.41. The van der Waals surface area contributed by atoms with E-state index >= 15 is 0 Å². The number of hydrogen-bond donors (Lipinski definition) is 0. The largest absolute Gasteiger partial charge is 0.417 e. The molecule has 240 valence electrons. The first-order valence-electron chi connectivity index (χ1n) is 14.0. The van der Waals surface area contributed by atoms with Crippen LogP contribution in [-0.2, 0) is 12.4 Å². The third-order valence-corrected chi connectivity index (χ3v) is 8.17. The van der Waals surface area contributed by atoms with E-state index in [2.05, 4.69) is 0 Å². The van der Waals surface area contributed by atoms with Crippen molar-refractivity contribution in [3.05, 3.63) is 115 Å². The summed E-state index contributed by atoms with van der Waals surface area (Å²) in [5, 5.41) is 78.8. The summed E-state index contributed by atoms with van der Waals surface area (Å²) in [6.07, 6.45) is -10.8. The van der Waals surface area contributed by atoms with Crippen LogP contribution in [0, 0.1) is 90.6 Å². The second kappa shape index (κ2) is 12.6. The zero-order valence-corrected chi connectivity index (χ0v) is 25.2. The van der Waals surface area contributed by atoms with Gasteiger partial charge in [0.05, 0.1) is 45.5 Å². The van der Waals surface area contributed by atoms with Gasteiger partial charge in [0, 0.05) is 28.7 Å². The first-order chi connectivity index (χ1) is 24.2. The third kappa shape index (κ3) is 5.59. The quantitative estimate of drug-likeness (QED) is 0.190. The number of hydrogen-bond acceptors (Lipinski definition) is 8. The Morgan fingerprint density at radius 3 is 1.43 bits per heavy atom. The number of nitrogens with zero attached hydrogens (tertiary/aromatic N) is 8. The molecule has 14 heteroatoms. The number of nitriles is 8. The SMILES string of the molecule is N#CC(C#N)=C1CC(c2ccc(C#N)cc2C(F)(F)F)=C(C#N)c2cc3c(cc21)C(=C(C#N)C#N)C(c1ccc(C#N)cc1C(F)(F)F)=C3C#N. The molecule has 51 heavy (non-hydrogen) atoms. The van der Waals surface area contributed by atoms with Gasteiger partial charge in [-0.05, 0) is 69.8 Å². The summed E-state index contributed by atoms with van der Waals surface area (Å²) >= 11 is 0. The minimum atomic E-state index is -5.11. The van der Waals surface area contributed by atoms with E-state index in [0.29, 0.717) is 12.1 Å². The van der Waals surface area contributed by atoms with Crippen LogP contribution in [-0.4, -0.2) is 0 Å². The van der Waals surface area contributed by atoms with Crippen molar-refractivity contribution in [1.29, 1.82) is 42.1 Å². The Morgan fingerprint density at radius 1 is 0.490 bits per heavy atom. The number of alkyl halides is 6. The van der Waals surface area contributed by atoms with Gasteiger partial charge >= 0.3 is 12.4 Å². The minimum Gasteiger partial charge on any atom is -0.192 e. The van der Waals surface area contributed by atoms with Gasteiger partial charge in [-0.1, -0.05) is 12.1 Å². The Morgan fingerprint density at radius 2 is 0.961 bits per heavy atom. The summed E-state index contributed by atoms with van der Waals surface area (Å²) in [6, 6.07) is 20.7. The Hall–Kier alpha value is -7.88. The molecule has 2 aliphatic carbocycles. The van der Waals surface area contributed by atoms with Crippen LogP contribution in [0.15, 0.2) is 59.7 Å². The van der Waals surface area contributed by atoms with Crippen molar-refractivity contribution < 1.29 is 26.3 Å². The fraction of sp³-hybridized carbons (Fsp3) is 0.0811. The smallest absolute Gasteiger partial charge is 0.192 e. The highest BCUT2D eigenvalue weighted by Crippen LogP contribution is 2.54. The van der Waals surface area contributed by atoms with E-state index in [9.17, 15) is 68.4 Å². The molecule has 0 heterocycles. The second-order valence-corrected chi connectivity index (χ2v) is 10.7. The van der Waals surface area contributed by atoms with Gasteiger partial charge in [-0.2, -0.15) is 68.4 Å². The van der Waals surface area contributed by atoms with E-state index < -0.39 is 80.0 Å². The van der Waals surface area contributed by atoms with E-state index in [0.717, 1.165) is 36.4 Å². The highest BCUT2D eigenvalue weighted by molar-refractivity contribution is 6.27. The molecule has 0 bridgehead atoms. The van der Waals surface area contributed by atoms with Crippen molar-refractivity contribution in [3.8, 4) is 48.6 Å². The number of allylic oxidation sites excluding steroid dienone is 8. The number of benzene rings is 3. The Bertz CT molecular complexity index is 2580. The predicted octanol–water partition coefficient (Wildman–Crippen LogP) is 8.36. The van der Waals surface area contributed by atoms with Crippen molar-refractivity contribution >= 4 is 33.4 Å². The van der Waals surface area contributed by atoms with E-state index in [1.54, 1.807) is 42.5 Å². The molecule has 0 aliphatic heterocycles. The number of rotatable bonds is 2. The molecule has 0 saturated carbocycles. The molecule has 0 spiro atoms. The normalized spacial score (nSPS) is 13.2. The molecular formula is C37H10F6N8. The molecular weight excluding hydrogens is 670 g/mol. The lowest BCUT2D eigenvalue weighted by Gasteiger charge is -2.26. The lowest BCUT2D eigenvalue weighted by molar-refractivity contribution is -0.138. The Kier molecular flexibility index (Phi) is 8.53. The van der Waals surface area contributed by atoms with Crippen molar-refractivity contribution in [3.63, 3.8) is 0 Å². The molecule has 3 aromatic carbocycles. The van der Waals surface area contributed by atoms with Crippen LogP contribution < -0.4 is 0 Å². The summed E-state index contributed by atoms with van der Waals surface area (Å²) in [6.45, 7) is 0. The molecule has 0 unspecified atom stereocenters. The van der Waals surface area contributed by atoms with Crippen molar-refractivity contribution in [2.75, 3.05) is 0 Å². The molecule has 0 aromatic heterocycles. The average Bonchev–Trinajstić information content (AvgIpc) is 3.43. The summed E-state index contributed by atoms with van der Waals surface area (Å²) in [5.41, 5.74) is -9.06. The molecule has 0 radical (unpaired) electrons. The average molecular weight is 681 g/mol. The molecule has 3 aromatic rings. The lowest BCUT2D eigenvalue weighted by atomic mass is 9.76. The molecule has 0 saturated heterocycles. The first kappa shape index (κ1) is 34.5. The third-order valence-electron chi connectivity index (χ3n) is 8.17. The van der Waals surface area contributed by atoms with Gasteiger partial charge in [-0.15, -0.1) is 0 Å². The molecule has 5 rings (SSSR count). The fourth-order valence-corrected chi connectivity index (χ4v) is 6.09. The fourth-order valence-electron chi connectivity index (χ4n) is 6.09.